The van der Waals surface area contributed by atoms with E-state index in [9.17, 15) is 13.2 Å². The molecule has 1 fully saturated rings. The topological polar surface area (TPSA) is 101 Å². The second-order valence-electron chi connectivity index (χ2n) is 5.05. The normalized spacial score (nSPS) is 23.6. The van der Waals surface area contributed by atoms with Crippen molar-refractivity contribution in [2.75, 3.05) is 0 Å². The van der Waals surface area contributed by atoms with Crippen LogP contribution >= 0.6 is 0 Å². The number of carbonyl (C=O) groups is 1. The fourth-order valence-electron chi connectivity index (χ4n) is 2.39. The van der Waals surface area contributed by atoms with Gasteiger partial charge in [-0.1, -0.05) is 0 Å². The molecule has 0 saturated heterocycles. The maximum Gasteiger partial charge on any atom is 0.306 e. The molecular weight excluding hydrogens is 282 g/mol. The first kappa shape index (κ1) is 15.0. The molecule has 20 heavy (non-hydrogen) atoms. The van der Waals surface area contributed by atoms with Crippen molar-refractivity contribution in [3.8, 4) is 0 Å². The van der Waals surface area contributed by atoms with Crippen molar-refractivity contribution in [1.29, 1.82) is 0 Å². The number of hydrogen-bond donors (Lipinski definition) is 2. The van der Waals surface area contributed by atoms with E-state index in [4.69, 9.17) is 5.11 Å². The zero-order valence-corrected chi connectivity index (χ0v) is 12.1. The quantitative estimate of drug-likeness (QED) is 0.838. The molecule has 0 unspecified atom stereocenters. The summed E-state index contributed by atoms with van der Waals surface area (Å²) in [5.74, 6) is -1.15. The van der Waals surface area contributed by atoms with Crippen molar-refractivity contribution in [3.05, 3.63) is 12.5 Å². The third-order valence-corrected chi connectivity index (χ3v) is 5.05. The molecule has 1 aromatic heterocycles. The van der Waals surface area contributed by atoms with Crippen LogP contribution in [0.15, 0.2) is 17.6 Å². The van der Waals surface area contributed by atoms with Gasteiger partial charge in [0.2, 0.25) is 0 Å². The van der Waals surface area contributed by atoms with E-state index in [-0.39, 0.29) is 17.0 Å². The molecule has 0 radical (unpaired) electrons. The summed E-state index contributed by atoms with van der Waals surface area (Å²) in [5, 5.41) is 8.93. The summed E-state index contributed by atoms with van der Waals surface area (Å²) in [4.78, 5) is 14.7. The summed E-state index contributed by atoms with van der Waals surface area (Å²) < 4.78 is 28.6. The lowest BCUT2D eigenvalue weighted by Crippen LogP contribution is -2.38. The van der Waals surface area contributed by atoms with Gasteiger partial charge in [-0.3, -0.25) is 4.79 Å². The Morgan fingerprint density at radius 1 is 1.45 bits per heavy atom. The minimum Gasteiger partial charge on any atom is -0.481 e. The van der Waals surface area contributed by atoms with E-state index in [2.05, 4.69) is 9.71 Å². The third kappa shape index (κ3) is 3.37. The Hall–Kier alpha value is -1.41. The van der Waals surface area contributed by atoms with E-state index in [0.717, 1.165) is 0 Å². The molecule has 0 spiro atoms. The number of carboxylic acid groups (broad SMARTS) is 1. The lowest BCUT2D eigenvalue weighted by molar-refractivity contribution is -0.142. The molecule has 0 bridgehead atoms. The molecule has 0 aromatic carbocycles. The van der Waals surface area contributed by atoms with Gasteiger partial charge in [0, 0.05) is 18.8 Å². The van der Waals surface area contributed by atoms with E-state index >= 15 is 0 Å². The molecule has 2 N–H and O–H groups in total. The number of imidazole rings is 1. The van der Waals surface area contributed by atoms with Crippen LogP contribution in [-0.2, 0) is 21.4 Å². The minimum absolute atomic E-state index is 0.0136. The summed E-state index contributed by atoms with van der Waals surface area (Å²) >= 11 is 0. The predicted molar refractivity (Wildman–Crippen MR) is 71.6 cm³/mol. The van der Waals surface area contributed by atoms with Gasteiger partial charge in [0.05, 0.1) is 12.2 Å². The second-order valence-corrected chi connectivity index (χ2v) is 6.71. The predicted octanol–water partition coefficient (Wildman–Crippen LogP) is 0.825. The number of aromatic nitrogens is 2. The first-order chi connectivity index (χ1) is 9.42. The molecule has 8 heteroatoms. The first-order valence-corrected chi connectivity index (χ1v) is 8.17. The largest absolute Gasteiger partial charge is 0.481 e. The average Bonchev–Trinajstić information content (AvgIpc) is 2.88. The molecule has 1 aromatic rings. The highest BCUT2D eigenvalue weighted by Crippen LogP contribution is 2.25. The minimum atomic E-state index is -3.62. The number of carboxylic acids is 1. The van der Waals surface area contributed by atoms with E-state index in [0.29, 0.717) is 32.2 Å². The number of hydrogen-bond acceptors (Lipinski definition) is 4. The van der Waals surface area contributed by atoms with E-state index in [1.54, 1.807) is 4.57 Å². The zero-order valence-electron chi connectivity index (χ0n) is 11.3. The standard InChI is InChI=1S/C12H19N3O4S/c1-2-15-7-11(13-8-15)20(18,19)14-10-5-3-9(4-6-10)12(16)17/h7-10,14H,2-6H2,1H3,(H,16,17). The SMILES string of the molecule is CCn1cnc(S(=O)(=O)NC2CCC(C(=O)O)CC2)c1. The van der Waals surface area contributed by atoms with Gasteiger partial charge < -0.3 is 9.67 Å². The monoisotopic (exact) mass is 301 g/mol. The van der Waals surface area contributed by atoms with Gasteiger partial charge in [0.15, 0.2) is 5.03 Å². The lowest BCUT2D eigenvalue weighted by Gasteiger charge is -2.26. The summed E-state index contributed by atoms with van der Waals surface area (Å²) in [5.41, 5.74) is 0. The average molecular weight is 301 g/mol. The molecular formula is C12H19N3O4S. The van der Waals surface area contributed by atoms with Crippen LogP contribution in [0.2, 0.25) is 0 Å². The highest BCUT2D eigenvalue weighted by Gasteiger charge is 2.29. The first-order valence-electron chi connectivity index (χ1n) is 6.69. The summed E-state index contributed by atoms with van der Waals surface area (Å²) in [6, 6.07) is -0.206. The van der Waals surface area contributed by atoms with Gasteiger partial charge in [-0.15, -0.1) is 0 Å². The molecule has 0 atom stereocenters. The number of nitrogens with zero attached hydrogens (tertiary/aromatic N) is 2. The Kier molecular flexibility index (Phi) is 4.44. The highest BCUT2D eigenvalue weighted by atomic mass is 32.2. The van der Waals surface area contributed by atoms with Gasteiger partial charge >= 0.3 is 5.97 Å². The van der Waals surface area contributed by atoms with Gasteiger partial charge in [-0.25, -0.2) is 18.1 Å². The second kappa shape index (κ2) is 5.92. The highest BCUT2D eigenvalue weighted by molar-refractivity contribution is 7.89. The Balaban J connectivity index is 1.98. The molecule has 0 aliphatic heterocycles. The Labute approximate surface area is 118 Å². The molecule has 112 valence electrons. The maximum absolute atomic E-state index is 12.1. The van der Waals surface area contributed by atoms with E-state index in [1.807, 2.05) is 6.92 Å². The van der Waals surface area contributed by atoms with Crippen LogP contribution in [0.1, 0.15) is 32.6 Å². The van der Waals surface area contributed by atoms with Crippen molar-refractivity contribution in [2.24, 2.45) is 5.92 Å². The molecule has 7 nitrogen and oxygen atoms in total. The zero-order chi connectivity index (χ0) is 14.8. The van der Waals surface area contributed by atoms with Crippen LogP contribution < -0.4 is 4.72 Å². The fourth-order valence-corrected chi connectivity index (χ4v) is 3.64. The Morgan fingerprint density at radius 3 is 2.60 bits per heavy atom. The van der Waals surface area contributed by atoms with Gasteiger partial charge in [-0.2, -0.15) is 0 Å². The summed E-state index contributed by atoms with van der Waals surface area (Å²) in [7, 11) is -3.62. The molecule has 1 aliphatic carbocycles. The van der Waals surface area contributed by atoms with Gasteiger partial charge in [0.25, 0.3) is 10.0 Å². The molecule has 0 amide bonds. The van der Waals surface area contributed by atoms with Crippen molar-refractivity contribution >= 4 is 16.0 Å². The van der Waals surface area contributed by atoms with Gasteiger partial charge in [0.1, 0.15) is 0 Å². The van der Waals surface area contributed by atoms with Crippen molar-refractivity contribution < 1.29 is 18.3 Å². The van der Waals surface area contributed by atoms with Gasteiger partial charge in [-0.05, 0) is 32.6 Å². The van der Waals surface area contributed by atoms with Crippen LogP contribution in [-0.4, -0.2) is 35.1 Å². The van der Waals surface area contributed by atoms with Crippen molar-refractivity contribution in [1.82, 2.24) is 14.3 Å². The molecule has 1 aliphatic rings. The number of nitrogens with one attached hydrogen (secondary N) is 1. The Morgan fingerprint density at radius 2 is 2.10 bits per heavy atom. The molecule has 2 rings (SSSR count). The number of aliphatic carboxylic acids is 1. The van der Waals surface area contributed by atoms with E-state index < -0.39 is 16.0 Å². The maximum atomic E-state index is 12.1. The summed E-state index contributed by atoms with van der Waals surface area (Å²) in [6.07, 6.45) is 5.08. The van der Waals surface area contributed by atoms with Crippen LogP contribution in [0.4, 0.5) is 0 Å². The fraction of sp³-hybridized carbons (Fsp3) is 0.667. The Bertz CT molecular complexity index is 573. The smallest absolute Gasteiger partial charge is 0.306 e. The third-order valence-electron chi connectivity index (χ3n) is 3.65. The van der Waals surface area contributed by atoms with E-state index in [1.165, 1.54) is 12.5 Å². The number of rotatable bonds is 5. The number of sulfonamides is 1. The van der Waals surface area contributed by atoms with Crippen LogP contribution in [0.25, 0.3) is 0 Å². The van der Waals surface area contributed by atoms with Crippen LogP contribution in [0, 0.1) is 5.92 Å². The van der Waals surface area contributed by atoms with Crippen molar-refractivity contribution in [2.45, 2.75) is 50.2 Å². The van der Waals surface area contributed by atoms with Crippen molar-refractivity contribution in [3.63, 3.8) is 0 Å². The molecule has 1 saturated carbocycles. The number of aryl methyl sites for hydroxylation is 1. The van der Waals surface area contributed by atoms with Crippen LogP contribution in [0.5, 0.6) is 0 Å². The summed E-state index contributed by atoms with van der Waals surface area (Å²) in [6.45, 7) is 2.56. The molecule has 1 heterocycles. The van der Waals surface area contributed by atoms with Crippen LogP contribution in [0.3, 0.4) is 0 Å². The lowest BCUT2D eigenvalue weighted by atomic mass is 9.87.